The van der Waals surface area contributed by atoms with Gasteiger partial charge in [-0.3, -0.25) is 4.79 Å². The molecular formula is C18H21N5O3. The van der Waals surface area contributed by atoms with E-state index in [1.165, 1.54) is 6.33 Å². The molecule has 0 spiro atoms. The molecule has 1 saturated heterocycles. The molecule has 26 heavy (non-hydrogen) atoms. The lowest BCUT2D eigenvalue weighted by Crippen LogP contribution is -2.46. The van der Waals surface area contributed by atoms with E-state index in [1.54, 1.807) is 30.0 Å². The van der Waals surface area contributed by atoms with E-state index >= 15 is 0 Å². The Bertz CT molecular complexity index is 775. The van der Waals surface area contributed by atoms with Crippen molar-refractivity contribution in [3.63, 3.8) is 0 Å². The van der Waals surface area contributed by atoms with E-state index in [4.69, 9.17) is 4.74 Å². The highest BCUT2D eigenvalue weighted by Gasteiger charge is 2.18. The van der Waals surface area contributed by atoms with Gasteiger partial charge in [0, 0.05) is 32.2 Å². The number of carbonyl (C=O) groups is 2. The van der Waals surface area contributed by atoms with Gasteiger partial charge in [-0.05, 0) is 19.1 Å². The number of hydrogen-bond donors (Lipinski definition) is 1. The number of hydrogen-bond acceptors (Lipinski definition) is 7. The van der Waals surface area contributed by atoms with Gasteiger partial charge in [-0.25, -0.2) is 14.8 Å². The number of piperazine rings is 1. The largest absolute Gasteiger partial charge is 0.462 e. The maximum atomic E-state index is 12.1. The van der Waals surface area contributed by atoms with Gasteiger partial charge < -0.3 is 19.9 Å². The minimum Gasteiger partial charge on any atom is -0.462 e. The molecule has 0 atom stereocenters. The smallest absolute Gasteiger partial charge is 0.340 e. The lowest BCUT2D eigenvalue weighted by atomic mass is 10.2. The molecule has 2 aromatic rings. The van der Waals surface area contributed by atoms with Crippen LogP contribution in [0.25, 0.3) is 0 Å². The Kier molecular flexibility index (Phi) is 5.62. The monoisotopic (exact) mass is 355 g/mol. The van der Waals surface area contributed by atoms with E-state index in [9.17, 15) is 9.59 Å². The van der Waals surface area contributed by atoms with Crippen molar-refractivity contribution in [2.75, 3.05) is 43.0 Å². The van der Waals surface area contributed by atoms with E-state index in [1.807, 2.05) is 12.1 Å². The summed E-state index contributed by atoms with van der Waals surface area (Å²) in [5, 5.41) is 3.17. The summed E-state index contributed by atoms with van der Waals surface area (Å²) in [4.78, 5) is 35.3. The predicted octanol–water partition coefficient (Wildman–Crippen LogP) is 1.68. The van der Waals surface area contributed by atoms with Crippen molar-refractivity contribution in [1.82, 2.24) is 14.9 Å². The standard InChI is InChI=1S/C18H21N5O3/c1-2-26-18(25)14-5-3-4-6-15(14)21-16-11-17(20-12-19-16)23-9-7-22(13-24)8-10-23/h3-6,11-13H,2,7-10H2,1H3,(H,19,20,21). The molecule has 8 nitrogen and oxygen atoms in total. The van der Waals surface area contributed by atoms with E-state index in [0.717, 1.165) is 12.2 Å². The third-order valence-corrected chi connectivity index (χ3v) is 4.13. The molecule has 0 bridgehead atoms. The fraction of sp³-hybridized carbons (Fsp3) is 0.333. The van der Waals surface area contributed by atoms with Crippen LogP contribution in [0, 0.1) is 0 Å². The third kappa shape index (κ3) is 4.08. The van der Waals surface area contributed by atoms with Crippen molar-refractivity contribution in [2.45, 2.75) is 6.92 Å². The molecule has 2 heterocycles. The third-order valence-electron chi connectivity index (χ3n) is 4.13. The van der Waals surface area contributed by atoms with Gasteiger partial charge in [0.2, 0.25) is 6.41 Å². The van der Waals surface area contributed by atoms with Crippen molar-refractivity contribution in [2.24, 2.45) is 0 Å². The van der Waals surface area contributed by atoms with Gasteiger partial charge in [-0.15, -0.1) is 0 Å². The first-order valence-corrected chi connectivity index (χ1v) is 8.50. The minimum atomic E-state index is -0.380. The minimum absolute atomic E-state index is 0.317. The lowest BCUT2D eigenvalue weighted by molar-refractivity contribution is -0.118. The molecule has 1 amide bonds. The van der Waals surface area contributed by atoms with Gasteiger partial charge >= 0.3 is 5.97 Å². The number of esters is 1. The number of aromatic nitrogens is 2. The van der Waals surface area contributed by atoms with E-state index in [0.29, 0.717) is 49.9 Å². The molecule has 1 N–H and O–H groups in total. The Balaban J connectivity index is 1.76. The Labute approximate surface area is 151 Å². The van der Waals surface area contributed by atoms with Gasteiger partial charge in [0.25, 0.3) is 0 Å². The zero-order valence-corrected chi connectivity index (χ0v) is 14.6. The number of benzene rings is 1. The Morgan fingerprint density at radius 1 is 1.23 bits per heavy atom. The molecule has 1 aromatic heterocycles. The van der Waals surface area contributed by atoms with E-state index in [-0.39, 0.29) is 5.97 Å². The van der Waals surface area contributed by atoms with Crippen molar-refractivity contribution >= 4 is 29.7 Å². The van der Waals surface area contributed by atoms with E-state index < -0.39 is 0 Å². The SMILES string of the molecule is CCOC(=O)c1ccccc1Nc1cc(N2CCN(C=O)CC2)ncn1. The summed E-state index contributed by atoms with van der Waals surface area (Å²) < 4.78 is 5.09. The maximum absolute atomic E-state index is 12.1. The first kappa shape index (κ1) is 17.7. The zero-order chi connectivity index (χ0) is 18.4. The van der Waals surface area contributed by atoms with Crippen LogP contribution in [-0.2, 0) is 9.53 Å². The zero-order valence-electron chi connectivity index (χ0n) is 14.6. The molecule has 1 aliphatic heterocycles. The topological polar surface area (TPSA) is 87.7 Å². The average Bonchev–Trinajstić information content (AvgIpc) is 2.69. The van der Waals surface area contributed by atoms with Gasteiger partial charge in [-0.1, -0.05) is 12.1 Å². The number of nitrogens with zero attached hydrogens (tertiary/aromatic N) is 4. The summed E-state index contributed by atoms with van der Waals surface area (Å²) in [5.74, 6) is 0.987. The van der Waals surface area contributed by atoms with Gasteiger partial charge in [-0.2, -0.15) is 0 Å². The van der Waals surface area contributed by atoms with E-state index in [2.05, 4.69) is 20.2 Å². The fourth-order valence-corrected chi connectivity index (χ4v) is 2.76. The summed E-state index contributed by atoms with van der Waals surface area (Å²) in [5.41, 5.74) is 1.08. The summed E-state index contributed by atoms with van der Waals surface area (Å²) >= 11 is 0. The first-order chi connectivity index (χ1) is 12.7. The van der Waals surface area contributed by atoms with Crippen molar-refractivity contribution in [3.8, 4) is 0 Å². The van der Waals surface area contributed by atoms with Crippen LogP contribution in [-0.4, -0.2) is 60.0 Å². The number of rotatable bonds is 6. The van der Waals surface area contributed by atoms with Crippen LogP contribution in [0.3, 0.4) is 0 Å². The second-order valence-corrected chi connectivity index (χ2v) is 5.78. The van der Waals surface area contributed by atoms with Crippen molar-refractivity contribution in [3.05, 3.63) is 42.2 Å². The molecule has 136 valence electrons. The first-order valence-electron chi connectivity index (χ1n) is 8.50. The summed E-state index contributed by atoms with van der Waals surface area (Å²) in [6.07, 6.45) is 2.35. The van der Waals surface area contributed by atoms with Crippen LogP contribution in [0.2, 0.25) is 0 Å². The highest BCUT2D eigenvalue weighted by atomic mass is 16.5. The number of nitrogens with one attached hydrogen (secondary N) is 1. The van der Waals surface area contributed by atoms with Crippen molar-refractivity contribution in [1.29, 1.82) is 0 Å². The Morgan fingerprint density at radius 2 is 2.00 bits per heavy atom. The van der Waals surface area contributed by atoms with Crippen molar-refractivity contribution < 1.29 is 14.3 Å². The molecule has 3 rings (SSSR count). The quantitative estimate of drug-likeness (QED) is 0.623. The summed E-state index contributed by atoms with van der Waals surface area (Å²) in [7, 11) is 0. The molecule has 0 radical (unpaired) electrons. The number of anilines is 3. The molecule has 1 aliphatic rings. The van der Waals surface area contributed by atoms with Crippen LogP contribution in [0.4, 0.5) is 17.3 Å². The second kappa shape index (κ2) is 8.28. The van der Waals surface area contributed by atoms with Crippen LogP contribution >= 0.6 is 0 Å². The number of ether oxygens (including phenoxy) is 1. The van der Waals surface area contributed by atoms with Crippen LogP contribution in [0.5, 0.6) is 0 Å². The average molecular weight is 355 g/mol. The lowest BCUT2D eigenvalue weighted by Gasteiger charge is -2.33. The molecule has 1 fully saturated rings. The highest BCUT2D eigenvalue weighted by Crippen LogP contribution is 2.23. The predicted molar refractivity (Wildman–Crippen MR) is 97.6 cm³/mol. The molecule has 0 unspecified atom stereocenters. The number of para-hydroxylation sites is 1. The number of amides is 1. The van der Waals surface area contributed by atoms with Crippen LogP contribution in [0.15, 0.2) is 36.7 Å². The highest BCUT2D eigenvalue weighted by molar-refractivity contribution is 5.96. The molecule has 1 aromatic carbocycles. The normalized spacial score (nSPS) is 14.0. The Hall–Kier alpha value is -3.16. The summed E-state index contributed by atoms with van der Waals surface area (Å²) in [6.45, 7) is 4.86. The van der Waals surface area contributed by atoms with Gasteiger partial charge in [0.15, 0.2) is 0 Å². The maximum Gasteiger partial charge on any atom is 0.340 e. The van der Waals surface area contributed by atoms with Crippen LogP contribution < -0.4 is 10.2 Å². The number of carbonyl (C=O) groups excluding carboxylic acids is 2. The Morgan fingerprint density at radius 3 is 2.73 bits per heavy atom. The van der Waals surface area contributed by atoms with Gasteiger partial charge in [0.05, 0.1) is 17.9 Å². The van der Waals surface area contributed by atoms with Crippen LogP contribution in [0.1, 0.15) is 17.3 Å². The molecule has 8 heteroatoms. The second-order valence-electron chi connectivity index (χ2n) is 5.78. The summed E-state index contributed by atoms with van der Waals surface area (Å²) in [6, 6.07) is 8.97. The fourth-order valence-electron chi connectivity index (χ4n) is 2.76. The van der Waals surface area contributed by atoms with Gasteiger partial charge in [0.1, 0.15) is 18.0 Å². The molecular weight excluding hydrogens is 334 g/mol. The molecule has 0 aliphatic carbocycles. The molecule has 0 saturated carbocycles.